The molecular formula is C13H22N2O2S. The zero-order chi connectivity index (χ0) is 12.5. The zero-order valence-corrected chi connectivity index (χ0v) is 11.9. The second kappa shape index (κ2) is 5.02. The molecule has 0 saturated carbocycles. The summed E-state index contributed by atoms with van der Waals surface area (Å²) in [6, 6.07) is 0. The Hall–Kier alpha value is -0.260. The van der Waals surface area contributed by atoms with Crippen molar-refractivity contribution in [2.24, 2.45) is 4.99 Å². The van der Waals surface area contributed by atoms with Crippen molar-refractivity contribution in [1.29, 1.82) is 0 Å². The Labute approximate surface area is 113 Å². The lowest BCUT2D eigenvalue weighted by molar-refractivity contribution is 0.0522. The van der Waals surface area contributed by atoms with Gasteiger partial charge in [-0.25, -0.2) is 0 Å². The van der Waals surface area contributed by atoms with Gasteiger partial charge < -0.3 is 14.8 Å². The average Bonchev–Trinajstić information content (AvgIpc) is 2.73. The van der Waals surface area contributed by atoms with Crippen molar-refractivity contribution in [2.75, 3.05) is 32.2 Å². The molecule has 0 unspecified atom stereocenters. The minimum atomic E-state index is 0.160. The molecule has 3 aliphatic rings. The standard InChI is InChI=1S/C13H22N2O2S/c1-12(2-6-16-7-3-12)14-11-15-13(10-18-11)4-8-17-9-5-13/h2-10H2,1H3,(H,14,15). The third-order valence-corrected chi connectivity index (χ3v) is 5.39. The normalized spacial score (nSPS) is 30.2. The highest BCUT2D eigenvalue weighted by molar-refractivity contribution is 8.14. The summed E-state index contributed by atoms with van der Waals surface area (Å²) in [6.07, 6.45) is 4.29. The fourth-order valence-corrected chi connectivity index (χ4v) is 4.09. The molecule has 18 heavy (non-hydrogen) atoms. The van der Waals surface area contributed by atoms with E-state index >= 15 is 0 Å². The van der Waals surface area contributed by atoms with Crippen LogP contribution in [0.1, 0.15) is 32.6 Å². The zero-order valence-electron chi connectivity index (χ0n) is 11.0. The third kappa shape index (κ3) is 2.68. The molecule has 2 fully saturated rings. The molecule has 0 aromatic heterocycles. The van der Waals surface area contributed by atoms with Crippen molar-refractivity contribution in [3.05, 3.63) is 0 Å². The van der Waals surface area contributed by atoms with E-state index in [1.54, 1.807) is 0 Å². The lowest BCUT2D eigenvalue weighted by Crippen LogP contribution is -2.48. The molecule has 5 heteroatoms. The van der Waals surface area contributed by atoms with Gasteiger partial charge in [0.1, 0.15) is 0 Å². The molecule has 0 bridgehead atoms. The topological polar surface area (TPSA) is 42.9 Å². The molecule has 0 aromatic rings. The number of amidine groups is 1. The Morgan fingerprint density at radius 1 is 1.06 bits per heavy atom. The molecule has 3 rings (SSSR count). The van der Waals surface area contributed by atoms with Crippen molar-refractivity contribution in [3.8, 4) is 0 Å². The van der Waals surface area contributed by atoms with Gasteiger partial charge in [0.25, 0.3) is 0 Å². The van der Waals surface area contributed by atoms with Crippen LogP contribution in [0.15, 0.2) is 4.99 Å². The van der Waals surface area contributed by atoms with Crippen LogP contribution < -0.4 is 5.32 Å². The maximum absolute atomic E-state index is 5.45. The molecule has 0 atom stereocenters. The summed E-state index contributed by atoms with van der Waals surface area (Å²) in [5.41, 5.74) is 0.327. The Morgan fingerprint density at radius 2 is 1.67 bits per heavy atom. The van der Waals surface area contributed by atoms with Gasteiger partial charge in [-0.2, -0.15) is 0 Å². The van der Waals surface area contributed by atoms with Crippen LogP contribution in [0.25, 0.3) is 0 Å². The summed E-state index contributed by atoms with van der Waals surface area (Å²) in [5.74, 6) is 1.12. The summed E-state index contributed by atoms with van der Waals surface area (Å²) >= 11 is 1.88. The first-order chi connectivity index (χ1) is 8.70. The van der Waals surface area contributed by atoms with Crippen molar-refractivity contribution in [3.63, 3.8) is 0 Å². The highest BCUT2D eigenvalue weighted by Gasteiger charge is 2.39. The van der Waals surface area contributed by atoms with Gasteiger partial charge in [-0.1, -0.05) is 11.8 Å². The SMILES string of the molecule is CC1(NC2=NC3(CCOCC3)CS2)CCOCC1. The molecular weight excluding hydrogens is 248 g/mol. The van der Waals surface area contributed by atoms with E-state index in [1.165, 1.54) is 0 Å². The number of ether oxygens (including phenoxy) is 2. The summed E-state index contributed by atoms with van der Waals surface area (Å²) in [5, 5.41) is 4.80. The second-order valence-corrected chi connectivity index (χ2v) is 6.80. The minimum absolute atomic E-state index is 0.160. The third-order valence-electron chi connectivity index (χ3n) is 4.24. The van der Waals surface area contributed by atoms with E-state index in [1.807, 2.05) is 11.8 Å². The Balaban J connectivity index is 1.64. The molecule has 0 aliphatic carbocycles. The highest BCUT2D eigenvalue weighted by Crippen LogP contribution is 2.36. The van der Waals surface area contributed by atoms with Crippen molar-refractivity contribution < 1.29 is 9.47 Å². The van der Waals surface area contributed by atoms with E-state index in [0.29, 0.717) is 0 Å². The Morgan fingerprint density at radius 3 is 2.33 bits per heavy atom. The van der Waals surface area contributed by atoms with E-state index < -0.39 is 0 Å². The van der Waals surface area contributed by atoms with Gasteiger partial charge in [0.05, 0.1) is 5.54 Å². The van der Waals surface area contributed by atoms with E-state index in [9.17, 15) is 0 Å². The number of hydrogen-bond donors (Lipinski definition) is 1. The lowest BCUT2D eigenvalue weighted by Gasteiger charge is -2.35. The molecule has 0 radical (unpaired) electrons. The molecule has 0 aromatic carbocycles. The largest absolute Gasteiger partial charge is 0.381 e. The molecule has 3 heterocycles. The first-order valence-electron chi connectivity index (χ1n) is 6.86. The van der Waals surface area contributed by atoms with Crippen LogP contribution in [0.4, 0.5) is 0 Å². The highest BCUT2D eigenvalue weighted by atomic mass is 32.2. The maximum Gasteiger partial charge on any atom is 0.157 e. The maximum atomic E-state index is 5.45. The second-order valence-electron chi connectivity index (χ2n) is 5.84. The first-order valence-corrected chi connectivity index (χ1v) is 7.85. The smallest absolute Gasteiger partial charge is 0.157 e. The molecule has 1 N–H and O–H groups in total. The van der Waals surface area contributed by atoms with Gasteiger partial charge in [0.2, 0.25) is 0 Å². The molecule has 3 aliphatic heterocycles. The van der Waals surface area contributed by atoms with Gasteiger partial charge in [-0.3, -0.25) is 4.99 Å². The van der Waals surface area contributed by atoms with Gasteiger partial charge >= 0.3 is 0 Å². The molecule has 1 spiro atoms. The van der Waals surface area contributed by atoms with Crippen LogP contribution in [0.5, 0.6) is 0 Å². The van der Waals surface area contributed by atoms with Gasteiger partial charge in [-0.05, 0) is 32.6 Å². The molecule has 4 nitrogen and oxygen atoms in total. The van der Waals surface area contributed by atoms with Gasteiger partial charge in [0, 0.05) is 37.7 Å². The first kappa shape index (κ1) is 12.8. The van der Waals surface area contributed by atoms with E-state index in [4.69, 9.17) is 14.5 Å². The summed E-state index contributed by atoms with van der Waals surface area (Å²) in [6.45, 7) is 5.74. The summed E-state index contributed by atoms with van der Waals surface area (Å²) < 4.78 is 10.9. The minimum Gasteiger partial charge on any atom is -0.381 e. The van der Waals surface area contributed by atoms with Crippen LogP contribution in [-0.4, -0.2) is 48.4 Å². The van der Waals surface area contributed by atoms with E-state index in [2.05, 4.69) is 12.2 Å². The lowest BCUT2D eigenvalue weighted by atomic mass is 9.92. The van der Waals surface area contributed by atoms with Crippen LogP contribution >= 0.6 is 11.8 Å². The van der Waals surface area contributed by atoms with Crippen molar-refractivity contribution in [1.82, 2.24) is 5.32 Å². The fraction of sp³-hybridized carbons (Fsp3) is 0.923. The van der Waals surface area contributed by atoms with Crippen LogP contribution in [0.2, 0.25) is 0 Å². The predicted octanol–water partition coefficient (Wildman–Crippen LogP) is 1.80. The van der Waals surface area contributed by atoms with E-state index in [-0.39, 0.29) is 11.1 Å². The summed E-state index contributed by atoms with van der Waals surface area (Å²) in [4.78, 5) is 4.97. The van der Waals surface area contributed by atoms with Crippen LogP contribution in [-0.2, 0) is 9.47 Å². The number of rotatable bonds is 1. The number of nitrogens with one attached hydrogen (secondary N) is 1. The van der Waals surface area contributed by atoms with Crippen molar-refractivity contribution >= 4 is 16.9 Å². The molecule has 0 amide bonds. The Kier molecular flexibility index (Phi) is 3.56. The van der Waals surface area contributed by atoms with E-state index in [0.717, 1.165) is 63.0 Å². The molecule has 102 valence electrons. The number of hydrogen-bond acceptors (Lipinski definition) is 5. The van der Waals surface area contributed by atoms with Gasteiger partial charge in [0.15, 0.2) is 5.17 Å². The van der Waals surface area contributed by atoms with Crippen LogP contribution in [0, 0.1) is 0 Å². The average molecular weight is 270 g/mol. The van der Waals surface area contributed by atoms with Crippen LogP contribution in [0.3, 0.4) is 0 Å². The number of thioether (sulfide) groups is 1. The van der Waals surface area contributed by atoms with Gasteiger partial charge in [-0.15, -0.1) is 0 Å². The number of nitrogens with zero attached hydrogens (tertiary/aromatic N) is 1. The quantitative estimate of drug-likeness (QED) is 0.789. The monoisotopic (exact) mass is 270 g/mol. The fourth-order valence-electron chi connectivity index (χ4n) is 2.76. The number of aliphatic imine (C=N–C) groups is 1. The Bertz CT molecular complexity index is 334. The predicted molar refractivity (Wildman–Crippen MR) is 74.3 cm³/mol. The molecule has 2 saturated heterocycles. The summed E-state index contributed by atoms with van der Waals surface area (Å²) in [7, 11) is 0. The van der Waals surface area contributed by atoms with Crippen molar-refractivity contribution in [2.45, 2.75) is 43.7 Å².